The number of hydrogen-bond donors (Lipinski definition) is 1. The van der Waals surface area contributed by atoms with Crippen molar-refractivity contribution in [2.45, 2.75) is 6.43 Å². The predicted octanol–water partition coefficient (Wildman–Crippen LogP) is 1.39. The quantitative estimate of drug-likeness (QED) is 0.736. The van der Waals surface area contributed by atoms with E-state index in [0.717, 1.165) is 19.4 Å². The van der Waals surface area contributed by atoms with Crippen molar-refractivity contribution in [1.82, 2.24) is 4.98 Å². The summed E-state index contributed by atoms with van der Waals surface area (Å²) < 4.78 is 29.1. The van der Waals surface area contributed by atoms with Gasteiger partial charge in [0.25, 0.3) is 6.43 Å². The van der Waals surface area contributed by atoms with Crippen LogP contribution in [0, 0.1) is 0 Å². The highest BCUT2D eigenvalue weighted by Gasteiger charge is 2.20. The van der Waals surface area contributed by atoms with Crippen LogP contribution in [0.3, 0.4) is 0 Å². The Morgan fingerprint density at radius 3 is 2.79 bits per heavy atom. The van der Waals surface area contributed by atoms with Crippen LogP contribution in [-0.2, 0) is 4.74 Å². The fraction of sp³-hybridized carbons (Fsp3) is 0.250. The number of nitrogen functional groups attached to an aromatic ring is 1. The lowest BCUT2D eigenvalue weighted by Gasteiger charge is -2.06. The van der Waals surface area contributed by atoms with E-state index < -0.39 is 23.7 Å². The number of carbonyl (C=O) groups is 1. The topological polar surface area (TPSA) is 65.2 Å². The zero-order chi connectivity index (χ0) is 10.7. The third kappa shape index (κ3) is 1.95. The normalized spacial score (nSPS) is 10.3. The molecule has 0 bridgehead atoms. The first kappa shape index (κ1) is 10.4. The average molecular weight is 202 g/mol. The van der Waals surface area contributed by atoms with Gasteiger partial charge in [-0.3, -0.25) is 0 Å². The van der Waals surface area contributed by atoms with Crippen molar-refractivity contribution in [2.24, 2.45) is 0 Å². The monoisotopic (exact) mass is 202 g/mol. The van der Waals surface area contributed by atoms with E-state index in [1.54, 1.807) is 0 Å². The fourth-order valence-electron chi connectivity index (χ4n) is 0.932. The van der Waals surface area contributed by atoms with E-state index in [0.29, 0.717) is 0 Å². The number of aromatic nitrogens is 1. The van der Waals surface area contributed by atoms with E-state index in [-0.39, 0.29) is 5.69 Å². The summed E-state index contributed by atoms with van der Waals surface area (Å²) in [5.74, 6) is -0.903. The first-order valence-corrected chi connectivity index (χ1v) is 3.68. The highest BCUT2D eigenvalue weighted by Crippen LogP contribution is 2.23. The van der Waals surface area contributed by atoms with Crippen LogP contribution < -0.4 is 5.73 Å². The van der Waals surface area contributed by atoms with Crippen molar-refractivity contribution in [2.75, 3.05) is 12.8 Å². The first-order chi connectivity index (χ1) is 6.56. The maximum atomic E-state index is 12.4. The number of ether oxygens (including phenoxy) is 1. The molecule has 0 aliphatic rings. The Bertz CT molecular complexity index is 355. The third-order valence-corrected chi connectivity index (χ3v) is 1.55. The maximum Gasteiger partial charge on any atom is 0.357 e. The van der Waals surface area contributed by atoms with E-state index in [9.17, 15) is 13.6 Å². The van der Waals surface area contributed by atoms with E-state index in [1.165, 1.54) is 0 Å². The summed E-state index contributed by atoms with van der Waals surface area (Å²) >= 11 is 0. The van der Waals surface area contributed by atoms with Gasteiger partial charge in [0.05, 0.1) is 24.6 Å². The molecule has 0 amide bonds. The maximum absolute atomic E-state index is 12.4. The zero-order valence-electron chi connectivity index (χ0n) is 7.33. The fourth-order valence-corrected chi connectivity index (χ4v) is 0.932. The lowest BCUT2D eigenvalue weighted by atomic mass is 10.2. The molecule has 0 aromatic carbocycles. The molecule has 4 nitrogen and oxygen atoms in total. The van der Waals surface area contributed by atoms with Crippen LogP contribution in [-0.4, -0.2) is 18.1 Å². The minimum Gasteiger partial charge on any atom is -0.464 e. The summed E-state index contributed by atoms with van der Waals surface area (Å²) in [6.07, 6.45) is -1.68. The van der Waals surface area contributed by atoms with Gasteiger partial charge in [0.15, 0.2) is 5.69 Å². The Hall–Kier alpha value is -1.72. The molecule has 0 aliphatic heterocycles. The Labute approximate surface area is 78.7 Å². The molecular formula is C8H8F2N2O2. The van der Waals surface area contributed by atoms with Crippen LogP contribution in [0.25, 0.3) is 0 Å². The molecule has 1 aromatic rings. The lowest BCUT2D eigenvalue weighted by molar-refractivity contribution is 0.0581. The smallest absolute Gasteiger partial charge is 0.357 e. The Morgan fingerprint density at radius 2 is 2.29 bits per heavy atom. The van der Waals surface area contributed by atoms with Crippen molar-refractivity contribution in [3.05, 3.63) is 23.5 Å². The number of halogens is 2. The number of carbonyl (C=O) groups excluding carboxylic acids is 1. The Morgan fingerprint density at radius 1 is 1.64 bits per heavy atom. The second-order valence-electron chi connectivity index (χ2n) is 2.50. The van der Waals surface area contributed by atoms with Crippen LogP contribution in [0.2, 0.25) is 0 Å². The zero-order valence-corrected chi connectivity index (χ0v) is 7.33. The summed E-state index contributed by atoms with van der Waals surface area (Å²) in [6, 6.07) is 1.00. The van der Waals surface area contributed by atoms with Gasteiger partial charge >= 0.3 is 5.97 Å². The van der Waals surface area contributed by atoms with E-state index in [4.69, 9.17) is 5.73 Å². The van der Waals surface area contributed by atoms with Crippen molar-refractivity contribution in [3.8, 4) is 0 Å². The number of anilines is 1. The molecule has 1 rings (SSSR count). The summed E-state index contributed by atoms with van der Waals surface area (Å²) in [7, 11) is 1.09. The van der Waals surface area contributed by atoms with E-state index >= 15 is 0 Å². The number of hydrogen-bond acceptors (Lipinski definition) is 4. The highest BCUT2D eigenvalue weighted by atomic mass is 19.3. The Kier molecular flexibility index (Phi) is 2.95. The molecule has 0 fully saturated rings. The molecule has 0 atom stereocenters. The number of nitrogens with two attached hydrogens (primary N) is 1. The van der Waals surface area contributed by atoms with Gasteiger partial charge in [0, 0.05) is 0 Å². The molecule has 0 saturated heterocycles. The minimum atomic E-state index is -2.81. The number of pyridine rings is 1. The first-order valence-electron chi connectivity index (χ1n) is 3.68. The summed E-state index contributed by atoms with van der Waals surface area (Å²) in [5.41, 5.74) is 4.41. The third-order valence-electron chi connectivity index (χ3n) is 1.55. The highest BCUT2D eigenvalue weighted by molar-refractivity contribution is 5.89. The molecule has 0 spiro atoms. The SMILES string of the molecule is COC(=O)c1ncc(N)cc1C(F)F. The molecule has 2 N–H and O–H groups in total. The molecule has 76 valence electrons. The van der Waals surface area contributed by atoms with E-state index in [1.807, 2.05) is 0 Å². The number of nitrogens with zero attached hydrogens (tertiary/aromatic N) is 1. The number of rotatable bonds is 2. The van der Waals surface area contributed by atoms with Crippen molar-refractivity contribution < 1.29 is 18.3 Å². The van der Waals surface area contributed by atoms with Crippen molar-refractivity contribution in [3.63, 3.8) is 0 Å². The Balaban J connectivity index is 3.21. The standard InChI is InChI=1S/C8H8F2N2O2/c1-14-8(13)6-5(7(9)10)2-4(11)3-12-6/h2-3,7H,11H2,1H3. The van der Waals surface area contributed by atoms with Crippen LogP contribution in [0.15, 0.2) is 12.3 Å². The molecule has 0 unspecified atom stereocenters. The molecule has 6 heteroatoms. The van der Waals surface area contributed by atoms with Crippen LogP contribution in [0.4, 0.5) is 14.5 Å². The second-order valence-corrected chi connectivity index (χ2v) is 2.50. The summed E-state index contributed by atoms with van der Waals surface area (Å²) in [4.78, 5) is 14.5. The van der Waals surface area contributed by atoms with Crippen LogP contribution in [0.1, 0.15) is 22.5 Å². The molecule has 0 aliphatic carbocycles. The van der Waals surface area contributed by atoms with Gasteiger partial charge < -0.3 is 10.5 Å². The molecular weight excluding hydrogens is 194 g/mol. The summed E-state index contributed by atoms with van der Waals surface area (Å²) in [5, 5.41) is 0. The molecule has 1 aromatic heterocycles. The minimum absolute atomic E-state index is 0.0768. The molecule has 0 saturated carbocycles. The van der Waals surface area contributed by atoms with Gasteiger partial charge in [-0.1, -0.05) is 0 Å². The van der Waals surface area contributed by atoms with Gasteiger partial charge in [-0.15, -0.1) is 0 Å². The van der Waals surface area contributed by atoms with E-state index in [2.05, 4.69) is 9.72 Å². The number of alkyl halides is 2. The molecule has 1 heterocycles. The summed E-state index contributed by atoms with van der Waals surface area (Å²) in [6.45, 7) is 0. The van der Waals surface area contributed by atoms with Gasteiger partial charge in [0.2, 0.25) is 0 Å². The second kappa shape index (κ2) is 3.99. The van der Waals surface area contributed by atoms with Gasteiger partial charge in [0.1, 0.15) is 0 Å². The lowest BCUT2D eigenvalue weighted by Crippen LogP contribution is -2.09. The van der Waals surface area contributed by atoms with Crippen molar-refractivity contribution in [1.29, 1.82) is 0 Å². The number of methoxy groups -OCH3 is 1. The van der Waals surface area contributed by atoms with Crippen LogP contribution in [0.5, 0.6) is 0 Å². The largest absolute Gasteiger partial charge is 0.464 e. The van der Waals surface area contributed by atoms with Crippen molar-refractivity contribution >= 4 is 11.7 Å². The van der Waals surface area contributed by atoms with Gasteiger partial charge in [-0.2, -0.15) is 0 Å². The molecule has 0 radical (unpaired) electrons. The predicted molar refractivity (Wildman–Crippen MR) is 44.9 cm³/mol. The number of esters is 1. The van der Waals surface area contributed by atoms with Gasteiger partial charge in [-0.05, 0) is 6.07 Å². The molecule has 14 heavy (non-hydrogen) atoms. The van der Waals surface area contributed by atoms with Crippen LogP contribution >= 0.6 is 0 Å². The average Bonchev–Trinajstić information content (AvgIpc) is 2.16. The van der Waals surface area contributed by atoms with Gasteiger partial charge in [-0.25, -0.2) is 18.6 Å².